The lowest BCUT2D eigenvalue weighted by molar-refractivity contribution is -0.112. The van der Waals surface area contributed by atoms with Crippen LogP contribution in [0.1, 0.15) is 23.6 Å². The first-order chi connectivity index (χ1) is 20.0. The van der Waals surface area contributed by atoms with Crippen LogP contribution in [-0.2, 0) is 9.59 Å². The van der Waals surface area contributed by atoms with Gasteiger partial charge >= 0.3 is 0 Å². The molecule has 7 aromatic rings. The van der Waals surface area contributed by atoms with Crippen molar-refractivity contribution in [2.24, 2.45) is 0 Å². The van der Waals surface area contributed by atoms with Gasteiger partial charge < -0.3 is 4.42 Å². The highest BCUT2D eigenvalue weighted by Crippen LogP contribution is 2.42. The number of rotatable bonds is 5. The SMILES string of the molecule is CC(=O)/C(=C(/C=O)c1ccc(-c2ccc3c4ccccc4c4oc5ccccc5c4c3c2)cc1)c1ccccc1C. The highest BCUT2D eigenvalue weighted by Gasteiger charge is 2.18. The van der Waals surface area contributed by atoms with Crippen LogP contribution < -0.4 is 0 Å². The summed E-state index contributed by atoms with van der Waals surface area (Å²) in [5.41, 5.74) is 7.15. The molecule has 7 rings (SSSR count). The second kappa shape index (κ2) is 9.72. The fourth-order valence-corrected chi connectivity index (χ4v) is 6.08. The van der Waals surface area contributed by atoms with Gasteiger partial charge in [-0.1, -0.05) is 103 Å². The lowest BCUT2D eigenvalue weighted by atomic mass is 9.89. The van der Waals surface area contributed by atoms with Gasteiger partial charge in [0.2, 0.25) is 0 Å². The fraction of sp³-hybridized carbons (Fsp3) is 0.0526. The molecule has 0 aliphatic heterocycles. The van der Waals surface area contributed by atoms with E-state index in [1.54, 1.807) is 0 Å². The summed E-state index contributed by atoms with van der Waals surface area (Å²) in [5.74, 6) is -0.136. The number of allylic oxidation sites excluding steroid dienone is 2. The van der Waals surface area contributed by atoms with Gasteiger partial charge in [-0.05, 0) is 70.0 Å². The van der Waals surface area contributed by atoms with E-state index in [4.69, 9.17) is 4.42 Å². The maximum atomic E-state index is 12.7. The van der Waals surface area contributed by atoms with E-state index in [1.165, 1.54) is 12.3 Å². The third kappa shape index (κ3) is 3.97. The molecule has 0 spiro atoms. The number of aldehydes is 1. The maximum Gasteiger partial charge on any atom is 0.161 e. The summed E-state index contributed by atoms with van der Waals surface area (Å²) in [6.45, 7) is 3.46. The molecule has 41 heavy (non-hydrogen) atoms. The molecule has 1 aromatic heterocycles. The molecule has 0 fully saturated rings. The molecule has 0 saturated carbocycles. The number of fused-ring (bicyclic) bond motifs is 8. The van der Waals surface area contributed by atoms with Gasteiger partial charge in [0.25, 0.3) is 0 Å². The molecular formula is C38H26O3. The van der Waals surface area contributed by atoms with Crippen molar-refractivity contribution in [3.63, 3.8) is 0 Å². The van der Waals surface area contributed by atoms with Crippen molar-refractivity contribution >= 4 is 66.7 Å². The monoisotopic (exact) mass is 530 g/mol. The number of para-hydroxylation sites is 1. The molecule has 0 aliphatic rings. The molecule has 0 N–H and O–H groups in total. The molecule has 0 radical (unpaired) electrons. The van der Waals surface area contributed by atoms with E-state index in [1.807, 2.05) is 73.7 Å². The zero-order valence-electron chi connectivity index (χ0n) is 22.8. The maximum absolute atomic E-state index is 12.7. The quantitative estimate of drug-likeness (QED) is 0.0963. The molecule has 196 valence electrons. The van der Waals surface area contributed by atoms with Gasteiger partial charge in [-0.3, -0.25) is 9.59 Å². The largest absolute Gasteiger partial charge is 0.455 e. The predicted molar refractivity (Wildman–Crippen MR) is 169 cm³/mol. The normalized spacial score (nSPS) is 12.2. The highest BCUT2D eigenvalue weighted by atomic mass is 16.3. The molecule has 1 heterocycles. The van der Waals surface area contributed by atoms with E-state index < -0.39 is 0 Å². The second-order valence-corrected chi connectivity index (χ2v) is 10.5. The minimum absolute atomic E-state index is 0.136. The molecule has 0 unspecified atom stereocenters. The molecule has 0 saturated heterocycles. The molecule has 6 aromatic carbocycles. The highest BCUT2D eigenvalue weighted by molar-refractivity contribution is 6.35. The number of carbonyl (C=O) groups excluding carboxylic acids is 2. The summed E-state index contributed by atoms with van der Waals surface area (Å²) in [7, 11) is 0. The summed E-state index contributed by atoms with van der Waals surface area (Å²) in [4.78, 5) is 25.1. The minimum Gasteiger partial charge on any atom is -0.455 e. The van der Waals surface area contributed by atoms with Crippen molar-refractivity contribution in [2.45, 2.75) is 13.8 Å². The predicted octanol–water partition coefficient (Wildman–Crippen LogP) is 9.57. The molecule has 3 nitrogen and oxygen atoms in total. The summed E-state index contributed by atoms with van der Waals surface area (Å²) < 4.78 is 6.39. The van der Waals surface area contributed by atoms with Gasteiger partial charge in [0, 0.05) is 27.3 Å². The average molecular weight is 531 g/mol. The Morgan fingerprint density at radius 1 is 0.659 bits per heavy atom. The van der Waals surface area contributed by atoms with Crippen LogP contribution in [0.3, 0.4) is 0 Å². The minimum atomic E-state index is -0.136. The average Bonchev–Trinajstić information content (AvgIpc) is 3.40. The molecule has 0 aliphatic carbocycles. The smallest absolute Gasteiger partial charge is 0.161 e. The summed E-state index contributed by atoms with van der Waals surface area (Å²) in [6.07, 6.45) is 0.792. The Balaban J connectivity index is 1.41. The number of hydrogen-bond donors (Lipinski definition) is 0. The van der Waals surface area contributed by atoms with Crippen LogP contribution in [0.4, 0.5) is 0 Å². The number of carbonyl (C=O) groups is 2. The van der Waals surface area contributed by atoms with Crippen molar-refractivity contribution in [1.29, 1.82) is 0 Å². The number of benzene rings is 6. The van der Waals surface area contributed by atoms with Crippen molar-refractivity contribution < 1.29 is 14.0 Å². The zero-order valence-corrected chi connectivity index (χ0v) is 22.8. The first-order valence-corrected chi connectivity index (χ1v) is 13.7. The first kappa shape index (κ1) is 24.7. The lowest BCUT2D eigenvalue weighted by Crippen LogP contribution is -2.03. The molecule has 0 bridgehead atoms. The van der Waals surface area contributed by atoms with E-state index in [2.05, 4.69) is 48.5 Å². The lowest BCUT2D eigenvalue weighted by Gasteiger charge is -2.13. The number of furan rings is 1. The zero-order chi connectivity index (χ0) is 28.1. The van der Waals surface area contributed by atoms with Crippen LogP contribution >= 0.6 is 0 Å². The number of aryl methyl sites for hydroxylation is 1. The Labute approximate surface area is 237 Å². The Kier molecular flexibility index (Phi) is 5.87. The van der Waals surface area contributed by atoms with Crippen LogP contribution in [0.2, 0.25) is 0 Å². The standard InChI is InChI=1S/C38H26O3/c1-23-9-3-4-10-28(23)36(24(2)40)34(22-39)26-17-15-25(16-18-26)27-19-20-30-29-11-5-6-12-31(29)38-37(33(30)21-27)32-13-7-8-14-35(32)41-38/h3-22H,1-2H3/b36-34+. The van der Waals surface area contributed by atoms with Gasteiger partial charge in [-0.2, -0.15) is 0 Å². The third-order valence-electron chi connectivity index (χ3n) is 8.03. The van der Waals surface area contributed by atoms with Gasteiger partial charge in [-0.15, -0.1) is 0 Å². The number of hydrogen-bond acceptors (Lipinski definition) is 3. The van der Waals surface area contributed by atoms with Crippen LogP contribution in [0.15, 0.2) is 120 Å². The Morgan fingerprint density at radius 3 is 2.02 bits per heavy atom. The van der Waals surface area contributed by atoms with E-state index in [-0.39, 0.29) is 5.78 Å². The third-order valence-corrected chi connectivity index (χ3v) is 8.03. The number of Topliss-reactive ketones (excluding diaryl/α,β-unsaturated/α-hetero) is 1. The Morgan fingerprint density at radius 2 is 1.29 bits per heavy atom. The van der Waals surface area contributed by atoms with E-state index >= 15 is 0 Å². The molecular weight excluding hydrogens is 504 g/mol. The topological polar surface area (TPSA) is 47.3 Å². The summed E-state index contributed by atoms with van der Waals surface area (Å²) in [5, 5.41) is 6.78. The van der Waals surface area contributed by atoms with Crippen molar-refractivity contribution in [2.75, 3.05) is 0 Å². The Bertz CT molecular complexity index is 2190. The molecule has 3 heteroatoms. The van der Waals surface area contributed by atoms with Crippen LogP contribution in [0.5, 0.6) is 0 Å². The Hall–Kier alpha value is -5.28. The second-order valence-electron chi connectivity index (χ2n) is 10.5. The van der Waals surface area contributed by atoms with E-state index in [9.17, 15) is 9.59 Å². The summed E-state index contributed by atoms with van der Waals surface area (Å²) in [6, 6.07) is 38.7. The summed E-state index contributed by atoms with van der Waals surface area (Å²) >= 11 is 0. The molecule has 0 atom stereocenters. The van der Waals surface area contributed by atoms with Gasteiger partial charge in [0.1, 0.15) is 11.2 Å². The molecule has 0 amide bonds. The van der Waals surface area contributed by atoms with Crippen LogP contribution in [0.25, 0.3) is 65.8 Å². The van der Waals surface area contributed by atoms with Gasteiger partial charge in [-0.25, -0.2) is 0 Å². The van der Waals surface area contributed by atoms with Gasteiger partial charge in [0.15, 0.2) is 12.1 Å². The first-order valence-electron chi connectivity index (χ1n) is 13.7. The van der Waals surface area contributed by atoms with Crippen molar-refractivity contribution in [3.05, 3.63) is 132 Å². The van der Waals surface area contributed by atoms with E-state index in [0.717, 1.165) is 66.6 Å². The van der Waals surface area contributed by atoms with Crippen molar-refractivity contribution in [1.82, 2.24) is 0 Å². The fourth-order valence-electron chi connectivity index (χ4n) is 6.08. The number of ketones is 1. The van der Waals surface area contributed by atoms with Gasteiger partial charge in [0.05, 0.1) is 0 Å². The van der Waals surface area contributed by atoms with Crippen LogP contribution in [-0.4, -0.2) is 12.1 Å². The van der Waals surface area contributed by atoms with E-state index in [0.29, 0.717) is 16.7 Å². The van der Waals surface area contributed by atoms with Crippen LogP contribution in [0, 0.1) is 6.92 Å². The van der Waals surface area contributed by atoms with Crippen molar-refractivity contribution in [3.8, 4) is 11.1 Å².